The Kier molecular flexibility index (Phi) is 5.09. The van der Waals surface area contributed by atoms with Crippen LogP contribution in [0.1, 0.15) is 36.3 Å². The number of rotatable bonds is 5. The molecule has 2 unspecified atom stereocenters. The van der Waals surface area contributed by atoms with E-state index >= 15 is 0 Å². The van der Waals surface area contributed by atoms with Crippen molar-refractivity contribution in [3.8, 4) is 0 Å². The summed E-state index contributed by atoms with van der Waals surface area (Å²) in [7, 11) is 0. The standard InChI is InChI=1S/C20H23NO2/c22-20-14-18(13-7-10-16-8-3-1-4-9-16)19(15-21(20)23)17-11-5-2-6-12-17/h1-6,8-9,11-12,18-19,23H,7,10,13-15H2. The maximum atomic E-state index is 11.9. The molecule has 0 saturated carbocycles. The number of amides is 1. The normalized spacial score (nSPS) is 21.4. The summed E-state index contributed by atoms with van der Waals surface area (Å²) in [5.74, 6) is 0.369. The maximum absolute atomic E-state index is 11.9. The van der Waals surface area contributed by atoms with Gasteiger partial charge in [-0.2, -0.15) is 0 Å². The minimum atomic E-state index is -0.151. The molecule has 1 heterocycles. The zero-order valence-electron chi connectivity index (χ0n) is 13.3. The lowest BCUT2D eigenvalue weighted by atomic mass is 9.78. The van der Waals surface area contributed by atoms with E-state index in [1.165, 1.54) is 11.1 Å². The van der Waals surface area contributed by atoms with Crippen molar-refractivity contribution in [2.45, 2.75) is 31.6 Å². The second-order valence-electron chi connectivity index (χ2n) is 6.34. The van der Waals surface area contributed by atoms with Gasteiger partial charge in [0.1, 0.15) is 0 Å². The number of carbonyl (C=O) groups is 1. The SMILES string of the molecule is O=C1CC(CCCc2ccccc2)C(c2ccccc2)CN1O. The number of carbonyl (C=O) groups excluding carboxylic acids is 1. The third-order valence-corrected chi connectivity index (χ3v) is 4.77. The highest BCUT2D eigenvalue weighted by Crippen LogP contribution is 2.35. The summed E-state index contributed by atoms with van der Waals surface area (Å²) in [6.45, 7) is 0.402. The van der Waals surface area contributed by atoms with E-state index in [9.17, 15) is 10.0 Å². The monoisotopic (exact) mass is 309 g/mol. The van der Waals surface area contributed by atoms with Crippen LogP contribution >= 0.6 is 0 Å². The van der Waals surface area contributed by atoms with Crippen molar-refractivity contribution in [3.05, 3.63) is 71.8 Å². The van der Waals surface area contributed by atoms with Gasteiger partial charge in [0.2, 0.25) is 5.91 Å². The molecular formula is C20H23NO2. The van der Waals surface area contributed by atoms with E-state index in [0.717, 1.165) is 24.3 Å². The first-order valence-electron chi connectivity index (χ1n) is 8.32. The average molecular weight is 309 g/mol. The van der Waals surface area contributed by atoms with Crippen molar-refractivity contribution in [3.63, 3.8) is 0 Å². The fourth-order valence-corrected chi connectivity index (χ4v) is 3.50. The van der Waals surface area contributed by atoms with Crippen molar-refractivity contribution in [1.82, 2.24) is 5.06 Å². The van der Waals surface area contributed by atoms with Crippen LogP contribution in [0.2, 0.25) is 0 Å². The Morgan fingerprint density at radius 2 is 1.65 bits per heavy atom. The van der Waals surface area contributed by atoms with Crippen LogP contribution in [0.15, 0.2) is 60.7 Å². The van der Waals surface area contributed by atoms with Gasteiger partial charge in [0.25, 0.3) is 0 Å². The van der Waals surface area contributed by atoms with Crippen molar-refractivity contribution < 1.29 is 10.0 Å². The van der Waals surface area contributed by atoms with Gasteiger partial charge in [-0.1, -0.05) is 60.7 Å². The molecule has 1 aliphatic rings. The van der Waals surface area contributed by atoms with E-state index in [-0.39, 0.29) is 11.8 Å². The van der Waals surface area contributed by atoms with E-state index in [0.29, 0.717) is 18.9 Å². The lowest BCUT2D eigenvalue weighted by Crippen LogP contribution is -2.41. The number of piperidine rings is 1. The molecule has 1 fully saturated rings. The fourth-order valence-electron chi connectivity index (χ4n) is 3.50. The number of hydroxylamine groups is 2. The van der Waals surface area contributed by atoms with Crippen LogP contribution in [-0.4, -0.2) is 22.7 Å². The van der Waals surface area contributed by atoms with Crippen LogP contribution in [0.25, 0.3) is 0 Å². The molecule has 3 heteroatoms. The molecule has 120 valence electrons. The van der Waals surface area contributed by atoms with E-state index in [2.05, 4.69) is 36.4 Å². The number of nitrogens with zero attached hydrogens (tertiary/aromatic N) is 1. The van der Waals surface area contributed by atoms with Crippen molar-refractivity contribution in [2.75, 3.05) is 6.54 Å². The Bertz CT molecular complexity index is 627. The largest absolute Gasteiger partial charge is 0.286 e. The topological polar surface area (TPSA) is 40.5 Å². The highest BCUT2D eigenvalue weighted by Gasteiger charge is 2.34. The van der Waals surface area contributed by atoms with Gasteiger partial charge in [0, 0.05) is 12.3 Å². The predicted molar refractivity (Wildman–Crippen MR) is 90.2 cm³/mol. The van der Waals surface area contributed by atoms with Crippen molar-refractivity contribution in [2.24, 2.45) is 5.92 Å². The van der Waals surface area contributed by atoms with E-state index in [1.54, 1.807) is 0 Å². The second-order valence-corrected chi connectivity index (χ2v) is 6.34. The quantitative estimate of drug-likeness (QED) is 0.847. The summed E-state index contributed by atoms with van der Waals surface area (Å²) in [5.41, 5.74) is 2.55. The minimum absolute atomic E-state index is 0.151. The van der Waals surface area contributed by atoms with Gasteiger partial charge < -0.3 is 0 Å². The summed E-state index contributed by atoms with van der Waals surface area (Å²) in [6, 6.07) is 20.7. The second kappa shape index (κ2) is 7.42. The van der Waals surface area contributed by atoms with E-state index in [4.69, 9.17) is 0 Å². The van der Waals surface area contributed by atoms with Gasteiger partial charge in [-0.3, -0.25) is 10.0 Å². The molecule has 1 aliphatic heterocycles. The smallest absolute Gasteiger partial charge is 0.246 e. The molecule has 3 nitrogen and oxygen atoms in total. The summed E-state index contributed by atoms with van der Waals surface area (Å²) >= 11 is 0. The van der Waals surface area contributed by atoms with Gasteiger partial charge in [-0.05, 0) is 36.3 Å². The van der Waals surface area contributed by atoms with Gasteiger partial charge >= 0.3 is 0 Å². The summed E-state index contributed by atoms with van der Waals surface area (Å²) in [4.78, 5) is 11.9. The fraction of sp³-hybridized carbons (Fsp3) is 0.350. The van der Waals surface area contributed by atoms with Crippen LogP contribution in [-0.2, 0) is 11.2 Å². The molecule has 2 aromatic carbocycles. The number of aryl methyl sites for hydroxylation is 1. The summed E-state index contributed by atoms with van der Waals surface area (Å²) < 4.78 is 0. The maximum Gasteiger partial charge on any atom is 0.246 e. The van der Waals surface area contributed by atoms with Crippen LogP contribution < -0.4 is 0 Å². The Balaban J connectivity index is 1.65. The zero-order valence-corrected chi connectivity index (χ0v) is 13.3. The third-order valence-electron chi connectivity index (χ3n) is 4.77. The highest BCUT2D eigenvalue weighted by molar-refractivity contribution is 5.76. The highest BCUT2D eigenvalue weighted by atomic mass is 16.5. The average Bonchev–Trinajstić information content (AvgIpc) is 2.59. The van der Waals surface area contributed by atoms with Gasteiger partial charge in [-0.25, -0.2) is 5.06 Å². The summed E-state index contributed by atoms with van der Waals surface area (Å²) in [5, 5.41) is 10.7. The van der Waals surface area contributed by atoms with Crippen LogP contribution in [0.4, 0.5) is 0 Å². The molecule has 0 radical (unpaired) electrons. The third kappa shape index (κ3) is 3.99. The predicted octanol–water partition coefficient (Wildman–Crippen LogP) is 4.03. The Morgan fingerprint density at radius 3 is 2.35 bits per heavy atom. The molecule has 2 atom stereocenters. The Labute approximate surface area is 137 Å². The molecule has 0 aromatic heterocycles. The first-order chi connectivity index (χ1) is 11.2. The van der Waals surface area contributed by atoms with Crippen molar-refractivity contribution in [1.29, 1.82) is 0 Å². The molecule has 0 bridgehead atoms. The van der Waals surface area contributed by atoms with Crippen LogP contribution in [0.3, 0.4) is 0 Å². The molecule has 3 rings (SSSR count). The number of hydrogen-bond donors (Lipinski definition) is 1. The molecular weight excluding hydrogens is 286 g/mol. The van der Waals surface area contributed by atoms with Gasteiger partial charge in [0.15, 0.2) is 0 Å². The molecule has 1 N–H and O–H groups in total. The Hall–Kier alpha value is -2.13. The van der Waals surface area contributed by atoms with E-state index in [1.807, 2.05) is 24.3 Å². The lowest BCUT2D eigenvalue weighted by Gasteiger charge is -2.35. The molecule has 2 aromatic rings. The van der Waals surface area contributed by atoms with E-state index < -0.39 is 0 Å². The van der Waals surface area contributed by atoms with Crippen LogP contribution in [0.5, 0.6) is 0 Å². The lowest BCUT2D eigenvalue weighted by molar-refractivity contribution is -0.174. The molecule has 0 spiro atoms. The molecule has 1 saturated heterocycles. The molecule has 23 heavy (non-hydrogen) atoms. The molecule has 0 aliphatic carbocycles. The van der Waals surface area contributed by atoms with Gasteiger partial charge in [-0.15, -0.1) is 0 Å². The number of hydrogen-bond acceptors (Lipinski definition) is 2. The molecule has 1 amide bonds. The Morgan fingerprint density at radius 1 is 1.00 bits per heavy atom. The minimum Gasteiger partial charge on any atom is -0.286 e. The van der Waals surface area contributed by atoms with Crippen molar-refractivity contribution >= 4 is 5.91 Å². The first-order valence-corrected chi connectivity index (χ1v) is 8.32. The summed E-state index contributed by atoms with van der Waals surface area (Å²) in [6.07, 6.45) is 3.55. The zero-order chi connectivity index (χ0) is 16.1. The first kappa shape index (κ1) is 15.8. The van der Waals surface area contributed by atoms with Crippen LogP contribution in [0, 0.1) is 5.92 Å². The number of benzene rings is 2. The van der Waals surface area contributed by atoms with Gasteiger partial charge in [0.05, 0.1) is 6.54 Å².